The van der Waals surface area contributed by atoms with Crippen LogP contribution in [0, 0.1) is 5.92 Å². The van der Waals surface area contributed by atoms with Crippen molar-refractivity contribution in [2.45, 2.75) is 45.7 Å². The highest BCUT2D eigenvalue weighted by molar-refractivity contribution is 5.86. The van der Waals surface area contributed by atoms with E-state index in [1.807, 2.05) is 12.1 Å². The van der Waals surface area contributed by atoms with Gasteiger partial charge in [0, 0.05) is 6.54 Å². The van der Waals surface area contributed by atoms with Gasteiger partial charge in [0.05, 0.1) is 12.6 Å². The van der Waals surface area contributed by atoms with E-state index >= 15 is 0 Å². The maximum Gasteiger partial charge on any atom is 0.163 e. The van der Waals surface area contributed by atoms with Gasteiger partial charge in [0.1, 0.15) is 5.75 Å². The van der Waals surface area contributed by atoms with E-state index in [0.29, 0.717) is 18.2 Å². The smallest absolute Gasteiger partial charge is 0.163 e. The van der Waals surface area contributed by atoms with Crippen LogP contribution in [0.15, 0.2) is 18.2 Å². The summed E-state index contributed by atoms with van der Waals surface area (Å²) in [5.74, 6) is 0.889. The van der Waals surface area contributed by atoms with E-state index in [1.165, 1.54) is 11.1 Å². The largest absolute Gasteiger partial charge is 0.508 e. The standard InChI is InChI=1S/C17H26N2O2.2ClH/c1-12(2)8-16(18)17(21)11-19-7-3-4-13-9-15(20)6-5-14(13)10-19;;/h5-6,9,12,16,20H,3-4,7-8,10-11,18H2,1-2H3;2*1H. The maximum absolute atomic E-state index is 12.2. The van der Waals surface area contributed by atoms with Gasteiger partial charge in [0.25, 0.3) is 0 Å². The van der Waals surface area contributed by atoms with Gasteiger partial charge in [0.2, 0.25) is 0 Å². The number of phenolic OH excluding ortho intramolecular Hbond substituents is 1. The summed E-state index contributed by atoms with van der Waals surface area (Å²) in [7, 11) is 0. The molecule has 1 aliphatic rings. The molecule has 1 aliphatic heterocycles. The molecule has 23 heavy (non-hydrogen) atoms. The van der Waals surface area contributed by atoms with Crippen LogP contribution < -0.4 is 5.73 Å². The van der Waals surface area contributed by atoms with Crippen molar-refractivity contribution >= 4 is 30.6 Å². The number of nitrogens with two attached hydrogens (primary N) is 1. The number of phenols is 1. The highest BCUT2D eigenvalue weighted by Crippen LogP contribution is 2.22. The lowest BCUT2D eigenvalue weighted by Gasteiger charge is -2.22. The van der Waals surface area contributed by atoms with Crippen LogP contribution in [0.1, 0.15) is 37.8 Å². The SMILES string of the molecule is CC(C)CC(N)C(=O)CN1CCCc2cc(O)ccc2C1.Cl.Cl. The number of hydrogen-bond acceptors (Lipinski definition) is 4. The highest BCUT2D eigenvalue weighted by Gasteiger charge is 2.21. The molecule has 0 fully saturated rings. The minimum Gasteiger partial charge on any atom is -0.508 e. The predicted octanol–water partition coefficient (Wildman–Crippen LogP) is 2.93. The van der Waals surface area contributed by atoms with Crippen molar-refractivity contribution in [3.8, 4) is 5.75 Å². The summed E-state index contributed by atoms with van der Waals surface area (Å²) in [6, 6.07) is 5.16. The van der Waals surface area contributed by atoms with Gasteiger partial charge in [-0.15, -0.1) is 24.8 Å². The minimum absolute atomic E-state index is 0. The molecule has 0 saturated heterocycles. The van der Waals surface area contributed by atoms with Gasteiger partial charge < -0.3 is 10.8 Å². The fraction of sp³-hybridized carbons (Fsp3) is 0.588. The van der Waals surface area contributed by atoms with Gasteiger partial charge in [-0.05, 0) is 55.0 Å². The lowest BCUT2D eigenvalue weighted by molar-refractivity contribution is -0.121. The normalized spacial score (nSPS) is 15.8. The molecule has 0 saturated carbocycles. The molecule has 2 rings (SSSR count). The summed E-state index contributed by atoms with van der Waals surface area (Å²) in [6.07, 6.45) is 2.70. The van der Waals surface area contributed by atoms with Crippen LogP contribution in [0.2, 0.25) is 0 Å². The molecule has 1 heterocycles. The van der Waals surface area contributed by atoms with Crippen LogP contribution in [0.3, 0.4) is 0 Å². The minimum atomic E-state index is -0.354. The number of halogens is 2. The van der Waals surface area contributed by atoms with Gasteiger partial charge in [-0.3, -0.25) is 9.69 Å². The molecule has 0 radical (unpaired) electrons. The third-order valence-electron chi connectivity index (χ3n) is 4.02. The number of rotatable bonds is 5. The zero-order valence-corrected chi connectivity index (χ0v) is 15.5. The zero-order valence-electron chi connectivity index (χ0n) is 13.8. The first-order valence-electron chi connectivity index (χ1n) is 7.77. The second-order valence-electron chi connectivity index (χ2n) is 6.47. The van der Waals surface area contributed by atoms with Crippen molar-refractivity contribution in [2.75, 3.05) is 13.1 Å². The number of fused-ring (bicyclic) bond motifs is 1. The second kappa shape index (κ2) is 10.1. The van der Waals surface area contributed by atoms with Gasteiger partial charge >= 0.3 is 0 Å². The zero-order chi connectivity index (χ0) is 15.4. The Labute approximate surface area is 151 Å². The summed E-state index contributed by atoms with van der Waals surface area (Å²) in [6.45, 7) is 6.25. The number of benzene rings is 1. The van der Waals surface area contributed by atoms with E-state index in [-0.39, 0.29) is 36.6 Å². The number of ketones is 1. The number of aryl methyl sites for hydroxylation is 1. The van der Waals surface area contributed by atoms with Gasteiger partial charge in [-0.1, -0.05) is 19.9 Å². The Morgan fingerprint density at radius 3 is 2.65 bits per heavy atom. The summed E-state index contributed by atoms with van der Waals surface area (Å²) < 4.78 is 0. The van der Waals surface area contributed by atoms with Crippen molar-refractivity contribution < 1.29 is 9.90 Å². The van der Waals surface area contributed by atoms with Gasteiger partial charge in [-0.2, -0.15) is 0 Å². The molecular formula is C17H28Cl2N2O2. The molecule has 0 spiro atoms. The topological polar surface area (TPSA) is 66.6 Å². The van der Waals surface area contributed by atoms with Gasteiger partial charge in [-0.25, -0.2) is 0 Å². The number of carbonyl (C=O) groups is 1. The number of carbonyl (C=O) groups excluding carboxylic acids is 1. The molecule has 0 amide bonds. The summed E-state index contributed by atoms with van der Waals surface area (Å²) in [5, 5.41) is 9.56. The fourth-order valence-electron chi connectivity index (χ4n) is 2.92. The van der Waals surface area contributed by atoms with Crippen molar-refractivity contribution in [1.29, 1.82) is 0 Å². The van der Waals surface area contributed by atoms with E-state index < -0.39 is 0 Å². The lowest BCUT2D eigenvalue weighted by Crippen LogP contribution is -2.40. The molecule has 6 heteroatoms. The van der Waals surface area contributed by atoms with E-state index in [1.54, 1.807) is 6.07 Å². The maximum atomic E-state index is 12.2. The Hall–Kier alpha value is -0.810. The van der Waals surface area contributed by atoms with Crippen LogP contribution in [0.5, 0.6) is 5.75 Å². The Kier molecular flexibility index (Phi) is 9.78. The summed E-state index contributed by atoms with van der Waals surface area (Å²) >= 11 is 0. The Bertz CT molecular complexity index is 509. The second-order valence-corrected chi connectivity index (χ2v) is 6.47. The van der Waals surface area contributed by atoms with Crippen LogP contribution in [0.25, 0.3) is 0 Å². The molecule has 0 aromatic heterocycles. The summed E-state index contributed by atoms with van der Waals surface area (Å²) in [5.41, 5.74) is 8.37. The molecule has 4 nitrogen and oxygen atoms in total. The quantitative estimate of drug-likeness (QED) is 0.844. The van der Waals surface area contributed by atoms with E-state index in [2.05, 4.69) is 18.7 Å². The monoisotopic (exact) mass is 362 g/mol. The Morgan fingerprint density at radius 1 is 1.30 bits per heavy atom. The van der Waals surface area contributed by atoms with Crippen LogP contribution in [-0.2, 0) is 17.8 Å². The number of nitrogens with zero attached hydrogens (tertiary/aromatic N) is 1. The molecule has 1 atom stereocenters. The molecular weight excluding hydrogens is 335 g/mol. The van der Waals surface area contributed by atoms with E-state index in [0.717, 1.165) is 32.4 Å². The lowest BCUT2D eigenvalue weighted by atomic mass is 10.0. The first-order chi connectivity index (χ1) is 9.95. The molecule has 0 bridgehead atoms. The third kappa shape index (κ3) is 6.68. The van der Waals surface area contributed by atoms with Crippen molar-refractivity contribution in [2.24, 2.45) is 11.7 Å². The van der Waals surface area contributed by atoms with Crippen molar-refractivity contribution in [1.82, 2.24) is 4.90 Å². The average Bonchev–Trinajstić information content (AvgIpc) is 2.59. The first-order valence-corrected chi connectivity index (χ1v) is 7.77. The molecule has 1 unspecified atom stereocenters. The molecule has 0 aliphatic carbocycles. The number of Topliss-reactive ketones (excluding diaryl/α,β-unsaturated/α-hetero) is 1. The Balaban J connectivity index is 0.00000242. The molecule has 1 aromatic carbocycles. The first kappa shape index (κ1) is 22.2. The molecule has 1 aromatic rings. The van der Waals surface area contributed by atoms with Crippen molar-refractivity contribution in [3.63, 3.8) is 0 Å². The number of hydrogen-bond donors (Lipinski definition) is 2. The predicted molar refractivity (Wildman–Crippen MR) is 98.6 cm³/mol. The average molecular weight is 363 g/mol. The van der Waals surface area contributed by atoms with Crippen LogP contribution in [-0.4, -0.2) is 34.9 Å². The molecule has 132 valence electrons. The van der Waals surface area contributed by atoms with Crippen LogP contribution >= 0.6 is 24.8 Å². The highest BCUT2D eigenvalue weighted by atomic mass is 35.5. The van der Waals surface area contributed by atoms with E-state index in [4.69, 9.17) is 5.73 Å². The van der Waals surface area contributed by atoms with Gasteiger partial charge in [0.15, 0.2) is 5.78 Å². The van der Waals surface area contributed by atoms with Crippen molar-refractivity contribution in [3.05, 3.63) is 29.3 Å². The summed E-state index contributed by atoms with van der Waals surface area (Å²) in [4.78, 5) is 14.4. The Morgan fingerprint density at radius 2 is 2.00 bits per heavy atom. The fourth-order valence-corrected chi connectivity index (χ4v) is 2.92. The molecule has 3 N–H and O–H groups in total. The number of aromatic hydroxyl groups is 1. The third-order valence-corrected chi connectivity index (χ3v) is 4.02. The van der Waals surface area contributed by atoms with E-state index in [9.17, 15) is 9.90 Å². The van der Waals surface area contributed by atoms with Crippen LogP contribution in [0.4, 0.5) is 0 Å².